The van der Waals surface area contributed by atoms with E-state index in [1.165, 1.54) is 22.3 Å². The van der Waals surface area contributed by atoms with E-state index in [0.29, 0.717) is 0 Å². The van der Waals surface area contributed by atoms with Gasteiger partial charge in [-0.15, -0.1) is 0 Å². The molecule has 142 valence electrons. The van der Waals surface area contributed by atoms with Gasteiger partial charge in [-0.05, 0) is 76.9 Å². The highest BCUT2D eigenvalue weighted by Gasteiger charge is 2.07. The van der Waals surface area contributed by atoms with Gasteiger partial charge in [0.2, 0.25) is 0 Å². The maximum absolute atomic E-state index is 4.88. The summed E-state index contributed by atoms with van der Waals surface area (Å²) in [7, 11) is 0. The summed E-state index contributed by atoms with van der Waals surface area (Å²) in [5.41, 5.74) is 10.4. The number of pyridine rings is 1. The minimum absolute atomic E-state index is 0.866. The third-order valence-electron chi connectivity index (χ3n) is 4.74. The number of hydrogen-bond donors (Lipinski definition) is 0. The molecule has 3 rings (SSSR count). The second-order valence-corrected chi connectivity index (χ2v) is 7.39. The first kappa shape index (κ1) is 19.7. The molecule has 1 aromatic heterocycles. The van der Waals surface area contributed by atoms with E-state index in [4.69, 9.17) is 15.0 Å². The third-order valence-corrected chi connectivity index (χ3v) is 4.74. The van der Waals surface area contributed by atoms with Crippen LogP contribution in [0, 0.1) is 27.7 Å². The lowest BCUT2D eigenvalue weighted by atomic mass is 10.1. The minimum atomic E-state index is 0.866. The fourth-order valence-electron chi connectivity index (χ4n) is 3.28. The first-order chi connectivity index (χ1) is 13.3. The van der Waals surface area contributed by atoms with Gasteiger partial charge < -0.3 is 0 Å². The molecule has 1 heterocycles. The summed E-state index contributed by atoms with van der Waals surface area (Å²) in [5, 5.41) is 0. The van der Waals surface area contributed by atoms with Gasteiger partial charge in [0.15, 0.2) is 0 Å². The average Bonchev–Trinajstić information content (AvgIpc) is 2.66. The van der Waals surface area contributed by atoms with E-state index in [-0.39, 0.29) is 0 Å². The highest BCUT2D eigenvalue weighted by atomic mass is 14.8. The van der Waals surface area contributed by atoms with E-state index in [0.717, 1.165) is 34.2 Å². The summed E-state index contributed by atoms with van der Waals surface area (Å²) in [6.45, 7) is 12.4. The van der Waals surface area contributed by atoms with E-state index in [9.17, 15) is 0 Å². The molecule has 2 aromatic carbocycles. The van der Waals surface area contributed by atoms with Crippen molar-refractivity contribution in [3.63, 3.8) is 0 Å². The van der Waals surface area contributed by atoms with Crippen LogP contribution in [0.25, 0.3) is 0 Å². The quantitative estimate of drug-likeness (QED) is 0.478. The van der Waals surface area contributed by atoms with Gasteiger partial charge >= 0.3 is 0 Å². The number of hydrogen-bond acceptors (Lipinski definition) is 3. The average molecular weight is 370 g/mol. The maximum Gasteiger partial charge on any atom is 0.0849 e. The van der Waals surface area contributed by atoms with Crippen LogP contribution < -0.4 is 0 Å². The summed E-state index contributed by atoms with van der Waals surface area (Å²) in [5.74, 6) is 0. The standard InChI is InChI=1S/C25H27N3/c1-16-10-12-22(13-11-16)26-20(5)23-8-7-9-24(28-23)21(6)27-25-18(3)14-17(2)15-19(25)4/h7-15H,1-6H3/b26-20+,27-21+. The van der Waals surface area contributed by atoms with E-state index < -0.39 is 0 Å². The molecule has 0 aliphatic heterocycles. The fraction of sp³-hybridized carbons (Fsp3) is 0.240. The molecule has 0 amide bonds. The lowest BCUT2D eigenvalue weighted by molar-refractivity contribution is 1.23. The summed E-state index contributed by atoms with van der Waals surface area (Å²) in [4.78, 5) is 14.4. The van der Waals surface area contributed by atoms with Gasteiger partial charge in [-0.1, -0.05) is 41.5 Å². The van der Waals surface area contributed by atoms with Crippen LogP contribution in [0.5, 0.6) is 0 Å². The Hall–Kier alpha value is -3.07. The molecule has 0 aliphatic carbocycles. The molecule has 0 unspecified atom stereocenters. The Labute approximate surface area is 167 Å². The molecule has 0 atom stereocenters. The molecular formula is C25H27N3. The van der Waals surface area contributed by atoms with Crippen molar-refractivity contribution in [1.82, 2.24) is 4.98 Å². The molecule has 0 radical (unpaired) electrons. The smallest absolute Gasteiger partial charge is 0.0849 e. The highest BCUT2D eigenvalue weighted by Crippen LogP contribution is 2.26. The van der Waals surface area contributed by atoms with Gasteiger partial charge in [-0.25, -0.2) is 4.98 Å². The topological polar surface area (TPSA) is 37.6 Å². The van der Waals surface area contributed by atoms with E-state index >= 15 is 0 Å². The van der Waals surface area contributed by atoms with Crippen LogP contribution in [-0.4, -0.2) is 16.4 Å². The third kappa shape index (κ3) is 4.61. The largest absolute Gasteiger partial charge is 0.252 e. The van der Waals surface area contributed by atoms with Gasteiger partial charge in [0.25, 0.3) is 0 Å². The Kier molecular flexibility index (Phi) is 5.84. The van der Waals surface area contributed by atoms with Gasteiger partial charge in [0.05, 0.1) is 34.2 Å². The Morgan fingerprint density at radius 2 is 1.21 bits per heavy atom. The lowest BCUT2D eigenvalue weighted by Gasteiger charge is -2.09. The second-order valence-electron chi connectivity index (χ2n) is 7.39. The van der Waals surface area contributed by atoms with Crippen LogP contribution in [0.3, 0.4) is 0 Å². The van der Waals surface area contributed by atoms with Crippen molar-refractivity contribution in [2.45, 2.75) is 41.5 Å². The fourth-order valence-corrected chi connectivity index (χ4v) is 3.28. The van der Waals surface area contributed by atoms with Gasteiger partial charge in [0.1, 0.15) is 0 Å². The monoisotopic (exact) mass is 369 g/mol. The van der Waals surface area contributed by atoms with Crippen molar-refractivity contribution in [2.75, 3.05) is 0 Å². The van der Waals surface area contributed by atoms with Crippen LogP contribution in [0.15, 0.2) is 64.6 Å². The summed E-state index contributed by atoms with van der Waals surface area (Å²) in [6, 6.07) is 18.5. The molecule has 0 aliphatic rings. The van der Waals surface area contributed by atoms with Crippen LogP contribution >= 0.6 is 0 Å². The van der Waals surface area contributed by atoms with Crippen molar-refractivity contribution < 1.29 is 0 Å². The van der Waals surface area contributed by atoms with Crippen LogP contribution in [-0.2, 0) is 0 Å². The predicted molar refractivity (Wildman–Crippen MR) is 120 cm³/mol. The van der Waals surface area contributed by atoms with E-state index in [2.05, 4.69) is 52.0 Å². The predicted octanol–water partition coefficient (Wildman–Crippen LogP) is 6.60. The molecule has 3 heteroatoms. The van der Waals surface area contributed by atoms with E-state index in [1.54, 1.807) is 0 Å². The molecule has 0 fully saturated rings. The number of benzene rings is 2. The van der Waals surface area contributed by atoms with Crippen molar-refractivity contribution >= 4 is 22.8 Å². The lowest BCUT2D eigenvalue weighted by Crippen LogP contribution is -2.05. The normalized spacial score (nSPS) is 12.4. The summed E-state index contributed by atoms with van der Waals surface area (Å²) < 4.78 is 0. The van der Waals surface area contributed by atoms with Crippen molar-refractivity contribution in [2.24, 2.45) is 9.98 Å². The van der Waals surface area contributed by atoms with Crippen molar-refractivity contribution in [3.05, 3.63) is 88.2 Å². The number of aryl methyl sites for hydroxylation is 4. The Bertz CT molecular complexity index is 1030. The van der Waals surface area contributed by atoms with Crippen LogP contribution in [0.1, 0.15) is 47.5 Å². The summed E-state index contributed by atoms with van der Waals surface area (Å²) >= 11 is 0. The zero-order valence-corrected chi connectivity index (χ0v) is 17.5. The van der Waals surface area contributed by atoms with Crippen molar-refractivity contribution in [3.8, 4) is 0 Å². The molecule has 3 nitrogen and oxygen atoms in total. The highest BCUT2D eigenvalue weighted by molar-refractivity contribution is 6.02. The Morgan fingerprint density at radius 1 is 0.679 bits per heavy atom. The second kappa shape index (κ2) is 8.30. The van der Waals surface area contributed by atoms with Crippen LogP contribution in [0.2, 0.25) is 0 Å². The summed E-state index contributed by atoms with van der Waals surface area (Å²) in [6.07, 6.45) is 0. The van der Waals surface area contributed by atoms with Gasteiger partial charge in [-0.3, -0.25) is 9.98 Å². The number of aromatic nitrogens is 1. The van der Waals surface area contributed by atoms with Gasteiger partial charge in [0, 0.05) is 0 Å². The Balaban J connectivity index is 1.93. The minimum Gasteiger partial charge on any atom is -0.252 e. The molecule has 0 spiro atoms. The number of aliphatic imine (C=N–C) groups is 2. The molecule has 0 N–H and O–H groups in total. The first-order valence-electron chi connectivity index (χ1n) is 9.56. The Morgan fingerprint density at radius 3 is 1.79 bits per heavy atom. The molecule has 0 saturated carbocycles. The molecule has 3 aromatic rings. The van der Waals surface area contributed by atoms with Crippen molar-refractivity contribution in [1.29, 1.82) is 0 Å². The number of nitrogens with zero attached hydrogens (tertiary/aromatic N) is 3. The van der Waals surface area contributed by atoms with E-state index in [1.807, 2.05) is 44.2 Å². The maximum atomic E-state index is 4.88. The SMILES string of the molecule is C/C(=N\c1ccc(C)cc1)c1cccc(/C(C)=N/c2c(C)cc(C)cc2C)n1. The van der Waals surface area contributed by atoms with Gasteiger partial charge in [-0.2, -0.15) is 0 Å². The molecule has 28 heavy (non-hydrogen) atoms. The molecule has 0 saturated heterocycles. The zero-order valence-electron chi connectivity index (χ0n) is 17.5. The molecular weight excluding hydrogens is 342 g/mol. The first-order valence-corrected chi connectivity index (χ1v) is 9.56. The van der Waals surface area contributed by atoms with Crippen LogP contribution in [0.4, 0.5) is 11.4 Å². The zero-order chi connectivity index (χ0) is 20.3. The number of rotatable bonds is 4. The molecule has 0 bridgehead atoms.